The SMILES string of the molecule is NC(CCCN1CCNCC1)c1cccc(Br)c1. The van der Waals surface area contributed by atoms with Crippen LogP contribution < -0.4 is 11.1 Å². The summed E-state index contributed by atoms with van der Waals surface area (Å²) >= 11 is 3.49. The first-order chi connectivity index (χ1) is 8.75. The average Bonchev–Trinajstić information content (AvgIpc) is 2.40. The zero-order valence-corrected chi connectivity index (χ0v) is 12.3. The predicted molar refractivity (Wildman–Crippen MR) is 79.6 cm³/mol. The fraction of sp³-hybridized carbons (Fsp3) is 0.571. The third-order valence-electron chi connectivity index (χ3n) is 3.48. The number of hydrogen-bond donors (Lipinski definition) is 2. The lowest BCUT2D eigenvalue weighted by molar-refractivity contribution is 0.235. The number of nitrogens with one attached hydrogen (secondary N) is 1. The van der Waals surface area contributed by atoms with Crippen LogP contribution in [0.4, 0.5) is 0 Å². The molecule has 1 aromatic carbocycles. The van der Waals surface area contributed by atoms with Gasteiger partial charge in [-0.25, -0.2) is 0 Å². The van der Waals surface area contributed by atoms with E-state index in [4.69, 9.17) is 5.73 Å². The van der Waals surface area contributed by atoms with Crippen molar-refractivity contribution in [2.75, 3.05) is 32.7 Å². The Balaban J connectivity index is 1.72. The Morgan fingerprint density at radius 1 is 1.33 bits per heavy atom. The van der Waals surface area contributed by atoms with Crippen LogP contribution in [0, 0.1) is 0 Å². The minimum Gasteiger partial charge on any atom is -0.324 e. The van der Waals surface area contributed by atoms with Crippen molar-refractivity contribution in [3.8, 4) is 0 Å². The second kappa shape index (κ2) is 7.24. The van der Waals surface area contributed by atoms with Gasteiger partial charge in [0, 0.05) is 36.7 Å². The molecule has 2 rings (SSSR count). The summed E-state index contributed by atoms with van der Waals surface area (Å²) in [6.45, 7) is 5.76. The molecule has 1 atom stereocenters. The van der Waals surface area contributed by atoms with E-state index in [1.54, 1.807) is 0 Å². The van der Waals surface area contributed by atoms with Crippen LogP contribution in [-0.2, 0) is 0 Å². The van der Waals surface area contributed by atoms with Crippen molar-refractivity contribution in [2.45, 2.75) is 18.9 Å². The Bertz CT molecular complexity index is 364. The van der Waals surface area contributed by atoms with Gasteiger partial charge in [-0.15, -0.1) is 0 Å². The van der Waals surface area contributed by atoms with Gasteiger partial charge in [0.25, 0.3) is 0 Å². The second-order valence-electron chi connectivity index (χ2n) is 4.90. The first-order valence-electron chi connectivity index (χ1n) is 6.70. The van der Waals surface area contributed by atoms with Crippen LogP contribution in [0.15, 0.2) is 28.7 Å². The molecule has 1 aromatic rings. The van der Waals surface area contributed by atoms with Crippen molar-refractivity contribution in [2.24, 2.45) is 5.73 Å². The summed E-state index contributed by atoms with van der Waals surface area (Å²) in [5.41, 5.74) is 7.45. The van der Waals surface area contributed by atoms with Gasteiger partial charge in [0.05, 0.1) is 0 Å². The number of piperazine rings is 1. The van der Waals surface area contributed by atoms with Crippen LogP contribution in [0.1, 0.15) is 24.4 Å². The topological polar surface area (TPSA) is 41.3 Å². The molecule has 0 aromatic heterocycles. The maximum Gasteiger partial charge on any atom is 0.0295 e. The quantitative estimate of drug-likeness (QED) is 0.875. The van der Waals surface area contributed by atoms with Crippen LogP contribution in [0.2, 0.25) is 0 Å². The smallest absolute Gasteiger partial charge is 0.0295 e. The van der Waals surface area contributed by atoms with E-state index in [1.165, 1.54) is 31.6 Å². The van der Waals surface area contributed by atoms with E-state index in [0.29, 0.717) is 0 Å². The molecule has 0 saturated carbocycles. The minimum atomic E-state index is 0.158. The van der Waals surface area contributed by atoms with Crippen molar-refractivity contribution in [3.63, 3.8) is 0 Å². The summed E-state index contributed by atoms with van der Waals surface area (Å²) in [7, 11) is 0. The number of halogens is 1. The lowest BCUT2D eigenvalue weighted by atomic mass is 10.0. The Labute approximate surface area is 118 Å². The average molecular weight is 312 g/mol. The van der Waals surface area contributed by atoms with Crippen LogP contribution in [0.5, 0.6) is 0 Å². The van der Waals surface area contributed by atoms with E-state index < -0.39 is 0 Å². The number of rotatable bonds is 5. The Hall–Kier alpha value is -0.420. The Kier molecular flexibility index (Phi) is 5.63. The van der Waals surface area contributed by atoms with Gasteiger partial charge in [-0.05, 0) is 37.1 Å². The van der Waals surface area contributed by atoms with Gasteiger partial charge in [0.2, 0.25) is 0 Å². The molecule has 0 spiro atoms. The highest BCUT2D eigenvalue weighted by atomic mass is 79.9. The fourth-order valence-corrected chi connectivity index (χ4v) is 2.79. The van der Waals surface area contributed by atoms with Gasteiger partial charge >= 0.3 is 0 Å². The van der Waals surface area contributed by atoms with Crippen LogP contribution >= 0.6 is 15.9 Å². The number of hydrogen-bond acceptors (Lipinski definition) is 3. The molecule has 1 fully saturated rings. The summed E-state index contributed by atoms with van der Waals surface area (Å²) in [5.74, 6) is 0. The highest BCUT2D eigenvalue weighted by Crippen LogP contribution is 2.20. The van der Waals surface area contributed by atoms with Crippen molar-refractivity contribution in [1.29, 1.82) is 0 Å². The van der Waals surface area contributed by atoms with E-state index in [1.807, 2.05) is 6.07 Å². The van der Waals surface area contributed by atoms with Gasteiger partial charge in [-0.3, -0.25) is 0 Å². The van der Waals surface area contributed by atoms with E-state index in [2.05, 4.69) is 44.3 Å². The standard InChI is InChI=1S/C14H22BrN3/c15-13-4-1-3-12(11-13)14(16)5-2-8-18-9-6-17-7-10-18/h1,3-4,11,14,17H,2,5-10,16H2. The van der Waals surface area contributed by atoms with Crippen molar-refractivity contribution in [3.05, 3.63) is 34.3 Å². The molecule has 0 bridgehead atoms. The molecule has 1 heterocycles. The third kappa shape index (κ3) is 4.35. The molecular weight excluding hydrogens is 290 g/mol. The van der Waals surface area contributed by atoms with E-state index in [0.717, 1.165) is 24.0 Å². The fourth-order valence-electron chi connectivity index (χ4n) is 2.37. The molecule has 0 radical (unpaired) electrons. The van der Waals surface area contributed by atoms with Gasteiger partial charge in [0.15, 0.2) is 0 Å². The number of benzene rings is 1. The molecule has 3 N–H and O–H groups in total. The van der Waals surface area contributed by atoms with Crippen molar-refractivity contribution < 1.29 is 0 Å². The summed E-state index contributed by atoms with van der Waals surface area (Å²) in [6, 6.07) is 8.48. The molecule has 1 aliphatic rings. The third-order valence-corrected chi connectivity index (χ3v) is 3.97. The molecule has 18 heavy (non-hydrogen) atoms. The molecule has 100 valence electrons. The lowest BCUT2D eigenvalue weighted by Crippen LogP contribution is -2.43. The van der Waals surface area contributed by atoms with Crippen molar-refractivity contribution in [1.82, 2.24) is 10.2 Å². The molecular formula is C14H22BrN3. The molecule has 3 nitrogen and oxygen atoms in total. The van der Waals surface area contributed by atoms with Crippen LogP contribution in [0.3, 0.4) is 0 Å². The molecule has 0 amide bonds. The lowest BCUT2D eigenvalue weighted by Gasteiger charge is -2.27. The highest BCUT2D eigenvalue weighted by Gasteiger charge is 2.10. The zero-order valence-electron chi connectivity index (χ0n) is 10.7. The summed E-state index contributed by atoms with van der Waals surface area (Å²) in [5, 5.41) is 3.37. The minimum absolute atomic E-state index is 0.158. The predicted octanol–water partition coefficient (Wildman–Crippen LogP) is 2.13. The van der Waals surface area contributed by atoms with E-state index in [-0.39, 0.29) is 6.04 Å². The van der Waals surface area contributed by atoms with Gasteiger partial charge in [-0.2, -0.15) is 0 Å². The summed E-state index contributed by atoms with van der Waals surface area (Å²) in [6.07, 6.45) is 2.23. The van der Waals surface area contributed by atoms with Crippen LogP contribution in [0.25, 0.3) is 0 Å². The monoisotopic (exact) mass is 311 g/mol. The first-order valence-corrected chi connectivity index (χ1v) is 7.49. The highest BCUT2D eigenvalue weighted by molar-refractivity contribution is 9.10. The van der Waals surface area contributed by atoms with Crippen LogP contribution in [-0.4, -0.2) is 37.6 Å². The van der Waals surface area contributed by atoms with Gasteiger partial charge in [0.1, 0.15) is 0 Å². The summed E-state index contributed by atoms with van der Waals surface area (Å²) in [4.78, 5) is 2.52. The molecule has 1 aliphatic heterocycles. The summed E-state index contributed by atoms with van der Waals surface area (Å²) < 4.78 is 1.11. The zero-order chi connectivity index (χ0) is 12.8. The Morgan fingerprint density at radius 3 is 2.83 bits per heavy atom. The second-order valence-corrected chi connectivity index (χ2v) is 5.81. The molecule has 0 aliphatic carbocycles. The largest absolute Gasteiger partial charge is 0.324 e. The van der Waals surface area contributed by atoms with E-state index in [9.17, 15) is 0 Å². The Morgan fingerprint density at radius 2 is 2.11 bits per heavy atom. The normalized spacial score (nSPS) is 18.8. The molecule has 4 heteroatoms. The van der Waals surface area contributed by atoms with Gasteiger partial charge < -0.3 is 16.0 Å². The maximum absolute atomic E-state index is 6.23. The molecule has 1 saturated heterocycles. The maximum atomic E-state index is 6.23. The number of nitrogens with zero attached hydrogens (tertiary/aromatic N) is 1. The first kappa shape index (κ1) is 14.0. The molecule has 1 unspecified atom stereocenters. The van der Waals surface area contributed by atoms with E-state index >= 15 is 0 Å². The number of nitrogens with two attached hydrogens (primary N) is 1. The van der Waals surface area contributed by atoms with Gasteiger partial charge in [-0.1, -0.05) is 28.1 Å². The van der Waals surface area contributed by atoms with Crippen molar-refractivity contribution >= 4 is 15.9 Å².